The van der Waals surface area contributed by atoms with Gasteiger partial charge in [0.2, 0.25) is 0 Å². The molecular formula is C12H15ClO2. The molecule has 0 N–H and O–H groups in total. The van der Waals surface area contributed by atoms with Crippen LogP contribution < -0.4 is 0 Å². The van der Waals surface area contributed by atoms with Crippen LogP contribution in [-0.4, -0.2) is 13.1 Å². The largest absolute Gasteiger partial charge is 0.465 e. The summed E-state index contributed by atoms with van der Waals surface area (Å²) in [6.07, 6.45) is 0. The highest BCUT2D eigenvalue weighted by atomic mass is 35.5. The summed E-state index contributed by atoms with van der Waals surface area (Å²) in [6.45, 7) is 6.13. The highest BCUT2D eigenvalue weighted by Gasteiger charge is 2.22. The number of esters is 1. The van der Waals surface area contributed by atoms with Crippen molar-refractivity contribution in [3.8, 4) is 0 Å². The minimum absolute atomic E-state index is 0.103. The Labute approximate surface area is 95.2 Å². The number of rotatable bonds is 1. The monoisotopic (exact) mass is 226 g/mol. The van der Waals surface area contributed by atoms with Crippen LogP contribution >= 0.6 is 11.6 Å². The Morgan fingerprint density at radius 2 is 1.93 bits per heavy atom. The zero-order chi connectivity index (χ0) is 11.6. The lowest BCUT2D eigenvalue weighted by molar-refractivity contribution is 0.0598. The van der Waals surface area contributed by atoms with Crippen molar-refractivity contribution < 1.29 is 9.53 Å². The van der Waals surface area contributed by atoms with E-state index < -0.39 is 0 Å². The Kier molecular flexibility index (Phi) is 3.40. The van der Waals surface area contributed by atoms with E-state index in [4.69, 9.17) is 16.3 Å². The van der Waals surface area contributed by atoms with E-state index in [1.807, 2.05) is 26.8 Å². The summed E-state index contributed by atoms with van der Waals surface area (Å²) in [7, 11) is 1.37. The number of ether oxygens (including phenoxy) is 1. The predicted molar refractivity (Wildman–Crippen MR) is 61.5 cm³/mol. The van der Waals surface area contributed by atoms with Crippen molar-refractivity contribution >= 4 is 17.6 Å². The second-order valence-electron chi connectivity index (χ2n) is 4.43. The standard InChI is InChI=1S/C12H15ClO2/c1-12(2,3)10-6-5-8(13)7-9(10)11(14)15-4/h5-7H,1-4H3. The summed E-state index contributed by atoms with van der Waals surface area (Å²) in [5, 5.41) is 0.545. The van der Waals surface area contributed by atoms with Gasteiger partial charge in [-0.25, -0.2) is 4.79 Å². The molecule has 0 spiro atoms. The van der Waals surface area contributed by atoms with Gasteiger partial charge < -0.3 is 4.74 Å². The molecule has 15 heavy (non-hydrogen) atoms. The molecule has 0 unspecified atom stereocenters. The summed E-state index contributed by atoms with van der Waals surface area (Å²) in [5.74, 6) is -0.345. The fraction of sp³-hybridized carbons (Fsp3) is 0.417. The topological polar surface area (TPSA) is 26.3 Å². The van der Waals surface area contributed by atoms with E-state index in [0.29, 0.717) is 10.6 Å². The summed E-state index contributed by atoms with van der Waals surface area (Å²) in [6, 6.07) is 5.30. The van der Waals surface area contributed by atoms with Gasteiger partial charge in [0.25, 0.3) is 0 Å². The van der Waals surface area contributed by atoms with E-state index in [0.717, 1.165) is 5.56 Å². The highest BCUT2D eigenvalue weighted by molar-refractivity contribution is 6.31. The van der Waals surface area contributed by atoms with E-state index in [1.54, 1.807) is 12.1 Å². The molecular weight excluding hydrogens is 212 g/mol. The molecule has 0 saturated heterocycles. The van der Waals surface area contributed by atoms with Crippen molar-refractivity contribution in [1.29, 1.82) is 0 Å². The second kappa shape index (κ2) is 4.23. The molecule has 1 aromatic rings. The zero-order valence-electron chi connectivity index (χ0n) is 9.43. The number of carbonyl (C=O) groups is 1. The number of halogens is 1. The molecule has 0 heterocycles. The molecule has 0 aliphatic carbocycles. The fourth-order valence-corrected chi connectivity index (χ4v) is 1.62. The van der Waals surface area contributed by atoms with Crippen LogP contribution in [0.1, 0.15) is 36.7 Å². The van der Waals surface area contributed by atoms with Crippen molar-refractivity contribution in [1.82, 2.24) is 0 Å². The van der Waals surface area contributed by atoms with Crippen LogP contribution in [0.25, 0.3) is 0 Å². The SMILES string of the molecule is COC(=O)c1cc(Cl)ccc1C(C)(C)C. The first-order valence-electron chi connectivity index (χ1n) is 4.74. The van der Waals surface area contributed by atoms with Crippen LogP contribution in [0.2, 0.25) is 5.02 Å². The number of hydrogen-bond acceptors (Lipinski definition) is 2. The van der Waals surface area contributed by atoms with Crippen LogP contribution in [0, 0.1) is 0 Å². The minimum Gasteiger partial charge on any atom is -0.465 e. The molecule has 0 saturated carbocycles. The molecule has 3 heteroatoms. The summed E-state index contributed by atoms with van der Waals surface area (Å²) in [5.41, 5.74) is 1.38. The van der Waals surface area contributed by atoms with Crippen LogP contribution in [0.15, 0.2) is 18.2 Å². The summed E-state index contributed by atoms with van der Waals surface area (Å²) in [4.78, 5) is 11.6. The molecule has 0 aliphatic heterocycles. The van der Waals surface area contributed by atoms with Gasteiger partial charge in [0.15, 0.2) is 0 Å². The Hall–Kier alpha value is -1.02. The maximum absolute atomic E-state index is 11.6. The molecule has 0 fully saturated rings. The number of benzene rings is 1. The second-order valence-corrected chi connectivity index (χ2v) is 4.87. The third-order valence-corrected chi connectivity index (χ3v) is 2.43. The third kappa shape index (κ3) is 2.72. The van der Waals surface area contributed by atoms with Gasteiger partial charge in [0.1, 0.15) is 0 Å². The number of hydrogen-bond donors (Lipinski definition) is 0. The lowest BCUT2D eigenvalue weighted by atomic mass is 9.84. The quantitative estimate of drug-likeness (QED) is 0.686. The fourth-order valence-electron chi connectivity index (χ4n) is 1.45. The Morgan fingerprint density at radius 1 is 1.33 bits per heavy atom. The highest BCUT2D eigenvalue weighted by Crippen LogP contribution is 2.28. The van der Waals surface area contributed by atoms with Crippen molar-refractivity contribution in [2.45, 2.75) is 26.2 Å². The first kappa shape index (κ1) is 12.1. The van der Waals surface area contributed by atoms with Gasteiger partial charge in [0.05, 0.1) is 12.7 Å². The minimum atomic E-state index is -0.345. The van der Waals surface area contributed by atoms with Gasteiger partial charge in [-0.05, 0) is 23.1 Å². The van der Waals surface area contributed by atoms with Gasteiger partial charge in [-0.3, -0.25) is 0 Å². The average Bonchev–Trinajstić information content (AvgIpc) is 2.14. The summed E-state index contributed by atoms with van der Waals surface area (Å²) >= 11 is 5.86. The van der Waals surface area contributed by atoms with Crippen molar-refractivity contribution in [2.75, 3.05) is 7.11 Å². The molecule has 2 nitrogen and oxygen atoms in total. The van der Waals surface area contributed by atoms with Crippen LogP contribution in [-0.2, 0) is 10.2 Å². The number of methoxy groups -OCH3 is 1. The molecule has 1 aromatic carbocycles. The van der Waals surface area contributed by atoms with Gasteiger partial charge in [0, 0.05) is 5.02 Å². The molecule has 0 amide bonds. The zero-order valence-corrected chi connectivity index (χ0v) is 10.2. The Bertz CT molecular complexity index is 378. The molecule has 0 bridgehead atoms. The third-order valence-electron chi connectivity index (χ3n) is 2.19. The Morgan fingerprint density at radius 3 is 2.40 bits per heavy atom. The lowest BCUT2D eigenvalue weighted by Crippen LogP contribution is -2.17. The normalized spacial score (nSPS) is 11.3. The number of carbonyl (C=O) groups excluding carboxylic acids is 1. The van der Waals surface area contributed by atoms with E-state index in [1.165, 1.54) is 7.11 Å². The lowest BCUT2D eigenvalue weighted by Gasteiger charge is -2.21. The molecule has 0 aliphatic rings. The molecule has 0 atom stereocenters. The van der Waals surface area contributed by atoms with Gasteiger partial charge in [-0.1, -0.05) is 38.4 Å². The maximum Gasteiger partial charge on any atom is 0.338 e. The average molecular weight is 227 g/mol. The maximum atomic E-state index is 11.6. The van der Waals surface area contributed by atoms with Crippen LogP contribution in [0.3, 0.4) is 0 Å². The van der Waals surface area contributed by atoms with E-state index >= 15 is 0 Å². The molecule has 1 rings (SSSR count). The van der Waals surface area contributed by atoms with E-state index in [2.05, 4.69) is 0 Å². The van der Waals surface area contributed by atoms with Gasteiger partial charge >= 0.3 is 5.97 Å². The first-order chi connectivity index (χ1) is 6.86. The first-order valence-corrected chi connectivity index (χ1v) is 5.12. The smallest absolute Gasteiger partial charge is 0.338 e. The van der Waals surface area contributed by atoms with Gasteiger partial charge in [-0.2, -0.15) is 0 Å². The van der Waals surface area contributed by atoms with Crippen LogP contribution in [0.5, 0.6) is 0 Å². The predicted octanol–water partition coefficient (Wildman–Crippen LogP) is 3.42. The van der Waals surface area contributed by atoms with Crippen LogP contribution in [0.4, 0.5) is 0 Å². The molecule has 0 aromatic heterocycles. The molecule has 82 valence electrons. The summed E-state index contributed by atoms with van der Waals surface area (Å²) < 4.78 is 4.73. The van der Waals surface area contributed by atoms with Crippen molar-refractivity contribution in [2.24, 2.45) is 0 Å². The van der Waals surface area contributed by atoms with Gasteiger partial charge in [-0.15, -0.1) is 0 Å². The Balaban J connectivity index is 3.33. The molecule has 0 radical (unpaired) electrons. The van der Waals surface area contributed by atoms with Crippen molar-refractivity contribution in [3.05, 3.63) is 34.3 Å². The van der Waals surface area contributed by atoms with E-state index in [-0.39, 0.29) is 11.4 Å². The van der Waals surface area contributed by atoms with Crippen molar-refractivity contribution in [3.63, 3.8) is 0 Å². The van der Waals surface area contributed by atoms with E-state index in [9.17, 15) is 4.79 Å².